The lowest BCUT2D eigenvalue weighted by Crippen LogP contribution is -2.59. The molecule has 1 saturated heterocycles. The van der Waals surface area contributed by atoms with E-state index in [-0.39, 0.29) is 5.75 Å². The van der Waals surface area contributed by atoms with Crippen LogP contribution in [0.2, 0.25) is 0 Å². The smallest absolute Gasteiger partial charge is 0.266 e. The summed E-state index contributed by atoms with van der Waals surface area (Å²) in [5.74, 6) is -0.211. The zero-order valence-corrected chi connectivity index (χ0v) is 10.6. The third kappa shape index (κ3) is 4.75. The Morgan fingerprint density at radius 3 is 2.50 bits per heavy atom. The fourth-order valence-corrected chi connectivity index (χ4v) is 2.28. The van der Waals surface area contributed by atoms with Crippen molar-refractivity contribution in [2.75, 3.05) is 52.7 Å². The quantitative estimate of drug-likeness (QED) is 0.594. The average molecular weight is 252 g/mol. The molecular weight excluding hydrogens is 232 g/mol. The molecule has 0 spiro atoms. The van der Waals surface area contributed by atoms with E-state index in [1.807, 2.05) is 7.05 Å². The first-order valence-corrected chi connectivity index (χ1v) is 6.90. The molecule has 96 valence electrons. The summed E-state index contributed by atoms with van der Waals surface area (Å²) >= 11 is 0. The van der Waals surface area contributed by atoms with Crippen LogP contribution in [0.1, 0.15) is 0 Å². The molecule has 0 aliphatic carbocycles. The molecule has 0 saturated carbocycles. The van der Waals surface area contributed by atoms with Gasteiger partial charge >= 0.3 is 0 Å². The highest BCUT2D eigenvalue weighted by molar-refractivity contribution is 7.85. The molecule has 0 bridgehead atoms. The van der Waals surface area contributed by atoms with Crippen molar-refractivity contribution < 1.29 is 17.7 Å². The molecule has 1 N–H and O–H groups in total. The van der Waals surface area contributed by atoms with Gasteiger partial charge in [-0.25, -0.2) is 0 Å². The molecule has 1 fully saturated rings. The van der Waals surface area contributed by atoms with Gasteiger partial charge in [0.1, 0.15) is 0 Å². The Labute approximate surface area is 96.9 Å². The lowest BCUT2D eigenvalue weighted by molar-refractivity contribution is 0.0383. The second-order valence-corrected chi connectivity index (χ2v) is 5.76. The molecule has 7 heteroatoms. The Bertz CT molecular complexity index is 301. The Balaban J connectivity index is 2.38. The first kappa shape index (κ1) is 13.9. The van der Waals surface area contributed by atoms with Gasteiger partial charge in [0.15, 0.2) is 0 Å². The Hall–Kier alpha value is -0.210. The number of methoxy groups -OCH3 is 1. The van der Waals surface area contributed by atoms with E-state index in [9.17, 15) is 8.42 Å². The lowest BCUT2D eigenvalue weighted by Gasteiger charge is -2.43. The zero-order valence-electron chi connectivity index (χ0n) is 9.79. The van der Waals surface area contributed by atoms with E-state index < -0.39 is 10.1 Å². The third-order valence-corrected chi connectivity index (χ3v) is 3.48. The van der Waals surface area contributed by atoms with Gasteiger partial charge in [-0.15, -0.1) is 0 Å². The van der Waals surface area contributed by atoms with Crippen molar-refractivity contribution in [1.82, 2.24) is 9.80 Å². The summed E-state index contributed by atoms with van der Waals surface area (Å²) in [6.07, 6.45) is 0. The van der Waals surface area contributed by atoms with Gasteiger partial charge in [-0.1, -0.05) is 0 Å². The molecule has 0 amide bonds. The van der Waals surface area contributed by atoms with Crippen LogP contribution in [0.4, 0.5) is 0 Å². The number of hydrogen-bond acceptors (Lipinski definition) is 5. The van der Waals surface area contributed by atoms with Crippen molar-refractivity contribution in [3.8, 4) is 0 Å². The number of hydrogen-bond donors (Lipinski definition) is 1. The van der Waals surface area contributed by atoms with E-state index in [0.29, 0.717) is 25.7 Å². The first-order chi connectivity index (χ1) is 7.42. The van der Waals surface area contributed by atoms with Crippen molar-refractivity contribution >= 4 is 10.1 Å². The molecule has 1 aliphatic rings. The predicted octanol–water partition coefficient (Wildman–Crippen LogP) is -0.863. The first-order valence-electron chi connectivity index (χ1n) is 5.29. The van der Waals surface area contributed by atoms with Gasteiger partial charge < -0.3 is 9.64 Å². The van der Waals surface area contributed by atoms with Crippen molar-refractivity contribution in [1.29, 1.82) is 0 Å². The number of rotatable bonds is 7. The van der Waals surface area contributed by atoms with Gasteiger partial charge in [-0.3, -0.25) is 9.45 Å². The van der Waals surface area contributed by atoms with E-state index in [1.165, 1.54) is 0 Å². The maximum atomic E-state index is 10.7. The SMILES string of the molecule is COCCN(CCS(=O)(=O)O)C1CN(C)C1. The number of likely N-dealkylation sites (N-methyl/N-ethyl adjacent to an activating group) is 1. The second-order valence-electron chi connectivity index (χ2n) is 4.19. The maximum absolute atomic E-state index is 10.7. The monoisotopic (exact) mass is 252 g/mol. The van der Waals surface area contributed by atoms with E-state index in [2.05, 4.69) is 9.80 Å². The van der Waals surface area contributed by atoms with Crippen LogP contribution < -0.4 is 0 Å². The van der Waals surface area contributed by atoms with Crippen molar-refractivity contribution in [3.05, 3.63) is 0 Å². The Kier molecular flexibility index (Phi) is 5.13. The van der Waals surface area contributed by atoms with Crippen molar-refractivity contribution in [3.63, 3.8) is 0 Å². The van der Waals surface area contributed by atoms with Crippen LogP contribution in [0.15, 0.2) is 0 Å². The normalized spacial score (nSPS) is 19.0. The summed E-state index contributed by atoms with van der Waals surface area (Å²) < 4.78 is 35.1. The summed E-state index contributed by atoms with van der Waals surface area (Å²) in [5.41, 5.74) is 0. The fourth-order valence-electron chi connectivity index (χ4n) is 1.82. The molecular formula is C9H20N2O4S. The Morgan fingerprint density at radius 1 is 1.44 bits per heavy atom. The molecule has 6 nitrogen and oxygen atoms in total. The molecule has 0 unspecified atom stereocenters. The molecule has 0 aromatic carbocycles. The van der Waals surface area contributed by atoms with Gasteiger partial charge in [0.2, 0.25) is 0 Å². The minimum atomic E-state index is -3.87. The summed E-state index contributed by atoms with van der Waals surface area (Å²) in [4.78, 5) is 4.22. The Morgan fingerprint density at radius 2 is 2.06 bits per heavy atom. The van der Waals surface area contributed by atoms with Gasteiger partial charge in [-0.2, -0.15) is 8.42 Å². The van der Waals surface area contributed by atoms with E-state index >= 15 is 0 Å². The molecule has 0 aromatic heterocycles. The van der Waals surface area contributed by atoms with E-state index in [1.54, 1.807) is 7.11 Å². The van der Waals surface area contributed by atoms with Gasteiger partial charge in [0.25, 0.3) is 10.1 Å². The standard InChI is InChI=1S/C9H20N2O4S/c1-10-7-9(8-10)11(3-5-15-2)4-6-16(12,13)14/h9H,3-8H2,1-2H3,(H,12,13,14). The number of nitrogens with zero attached hydrogens (tertiary/aromatic N) is 2. The highest BCUT2D eigenvalue weighted by atomic mass is 32.2. The second kappa shape index (κ2) is 5.92. The largest absolute Gasteiger partial charge is 0.383 e. The van der Waals surface area contributed by atoms with Crippen LogP contribution >= 0.6 is 0 Å². The highest BCUT2D eigenvalue weighted by Crippen LogP contribution is 2.12. The fraction of sp³-hybridized carbons (Fsp3) is 1.00. The topological polar surface area (TPSA) is 70.1 Å². The van der Waals surface area contributed by atoms with Gasteiger partial charge in [0, 0.05) is 39.3 Å². The minimum absolute atomic E-state index is 0.211. The molecule has 1 aliphatic heterocycles. The van der Waals surface area contributed by atoms with Crippen LogP contribution in [0.5, 0.6) is 0 Å². The predicted molar refractivity (Wildman–Crippen MR) is 61.1 cm³/mol. The minimum Gasteiger partial charge on any atom is -0.383 e. The third-order valence-electron chi connectivity index (χ3n) is 2.78. The van der Waals surface area contributed by atoms with Crippen molar-refractivity contribution in [2.45, 2.75) is 6.04 Å². The highest BCUT2D eigenvalue weighted by Gasteiger charge is 2.29. The van der Waals surface area contributed by atoms with Crippen LogP contribution in [-0.4, -0.2) is 81.5 Å². The zero-order chi connectivity index (χ0) is 12.2. The summed E-state index contributed by atoms with van der Waals surface area (Å²) in [6.45, 7) is 3.52. The van der Waals surface area contributed by atoms with Gasteiger partial charge in [0.05, 0.1) is 12.4 Å². The molecule has 1 rings (SSSR count). The average Bonchev–Trinajstić information content (AvgIpc) is 2.13. The molecule has 16 heavy (non-hydrogen) atoms. The van der Waals surface area contributed by atoms with E-state index in [4.69, 9.17) is 9.29 Å². The lowest BCUT2D eigenvalue weighted by atomic mass is 10.1. The molecule has 0 atom stereocenters. The number of ether oxygens (including phenoxy) is 1. The summed E-state index contributed by atoms with van der Waals surface area (Å²) in [7, 11) is -0.231. The van der Waals surface area contributed by atoms with Crippen LogP contribution in [0.25, 0.3) is 0 Å². The molecule has 0 aromatic rings. The van der Waals surface area contributed by atoms with Gasteiger partial charge in [-0.05, 0) is 7.05 Å². The van der Waals surface area contributed by atoms with Crippen molar-refractivity contribution in [2.24, 2.45) is 0 Å². The molecule has 1 heterocycles. The number of likely N-dealkylation sites (tertiary alicyclic amines) is 1. The summed E-state index contributed by atoms with van der Waals surface area (Å²) in [5, 5.41) is 0. The summed E-state index contributed by atoms with van der Waals surface area (Å²) in [6, 6.07) is 0.377. The van der Waals surface area contributed by atoms with Crippen LogP contribution in [-0.2, 0) is 14.9 Å². The van der Waals surface area contributed by atoms with E-state index in [0.717, 1.165) is 13.1 Å². The van der Waals surface area contributed by atoms with Crippen LogP contribution in [0.3, 0.4) is 0 Å². The van der Waals surface area contributed by atoms with Crippen LogP contribution in [0, 0.1) is 0 Å². The molecule has 0 radical (unpaired) electrons. The maximum Gasteiger partial charge on any atom is 0.266 e.